The third kappa shape index (κ3) is 3.94. The molecule has 2 N–H and O–H groups in total. The molecule has 0 bridgehead atoms. The molecule has 5 nitrogen and oxygen atoms in total. The molecule has 1 aliphatic carbocycles. The lowest BCUT2D eigenvalue weighted by Crippen LogP contribution is -2.21. The summed E-state index contributed by atoms with van der Waals surface area (Å²) in [4.78, 5) is 28.9. The second-order valence-corrected chi connectivity index (χ2v) is 6.66. The third-order valence-electron chi connectivity index (χ3n) is 4.75. The van der Waals surface area contributed by atoms with E-state index in [9.17, 15) is 14.7 Å². The summed E-state index contributed by atoms with van der Waals surface area (Å²) in [6.45, 7) is 2.13. The van der Waals surface area contributed by atoms with Gasteiger partial charge in [-0.05, 0) is 36.0 Å². The number of aromatic nitrogens is 1. The molecule has 130 valence electrons. The number of carbonyl (C=O) groups excluding carboxylic acids is 2. The molecule has 3 atom stereocenters. The molecule has 1 fully saturated rings. The number of pyridine rings is 1. The van der Waals surface area contributed by atoms with Crippen LogP contribution >= 0.6 is 0 Å². The number of aliphatic hydroxyl groups is 1. The Morgan fingerprint density at radius 1 is 1.28 bits per heavy atom. The van der Waals surface area contributed by atoms with Crippen molar-refractivity contribution in [3.63, 3.8) is 0 Å². The Bertz CT molecular complexity index is 789. The van der Waals surface area contributed by atoms with Gasteiger partial charge in [0.25, 0.3) is 5.91 Å². The standard InChI is InChI=1S/C20H22N2O3/c1-12-8-14(12)11-18(23)15-9-16(22-17(10-15)20(25)21-2)19(24)13-6-4-3-5-7-13/h3-7,9-10,12,14,19,24H,8,11H2,1-2H3,(H,21,25)/t12-,14+,19-/m0/s1. The molecule has 0 aliphatic heterocycles. The molecule has 0 radical (unpaired) electrons. The van der Waals surface area contributed by atoms with Gasteiger partial charge >= 0.3 is 0 Å². The number of benzene rings is 1. The monoisotopic (exact) mass is 338 g/mol. The van der Waals surface area contributed by atoms with Gasteiger partial charge in [0.1, 0.15) is 11.8 Å². The van der Waals surface area contributed by atoms with E-state index in [1.54, 1.807) is 18.2 Å². The Hall–Kier alpha value is -2.53. The van der Waals surface area contributed by atoms with Gasteiger partial charge in [0, 0.05) is 19.0 Å². The Labute approximate surface area is 147 Å². The smallest absolute Gasteiger partial charge is 0.269 e. The van der Waals surface area contributed by atoms with E-state index in [0.29, 0.717) is 35.1 Å². The van der Waals surface area contributed by atoms with E-state index in [1.165, 1.54) is 13.1 Å². The minimum absolute atomic E-state index is 0.0107. The van der Waals surface area contributed by atoms with Gasteiger partial charge in [-0.3, -0.25) is 9.59 Å². The zero-order valence-corrected chi connectivity index (χ0v) is 14.4. The van der Waals surface area contributed by atoms with Gasteiger partial charge in [-0.15, -0.1) is 0 Å². The second kappa shape index (κ2) is 7.15. The van der Waals surface area contributed by atoms with Crippen LogP contribution in [0.15, 0.2) is 42.5 Å². The summed E-state index contributed by atoms with van der Waals surface area (Å²) < 4.78 is 0. The summed E-state index contributed by atoms with van der Waals surface area (Å²) in [7, 11) is 1.51. The van der Waals surface area contributed by atoms with E-state index in [2.05, 4.69) is 17.2 Å². The van der Waals surface area contributed by atoms with Crippen molar-refractivity contribution in [1.29, 1.82) is 0 Å². The van der Waals surface area contributed by atoms with Gasteiger partial charge < -0.3 is 10.4 Å². The molecular formula is C20H22N2O3. The summed E-state index contributed by atoms with van der Waals surface area (Å²) >= 11 is 0. The fourth-order valence-electron chi connectivity index (χ4n) is 2.94. The van der Waals surface area contributed by atoms with E-state index in [0.717, 1.165) is 6.42 Å². The lowest BCUT2D eigenvalue weighted by molar-refractivity contribution is 0.0957. The highest BCUT2D eigenvalue weighted by molar-refractivity contribution is 6.00. The number of aliphatic hydroxyl groups excluding tert-OH is 1. The van der Waals surface area contributed by atoms with Crippen molar-refractivity contribution in [2.75, 3.05) is 7.05 Å². The van der Waals surface area contributed by atoms with Crippen LogP contribution in [0.25, 0.3) is 0 Å². The quantitative estimate of drug-likeness (QED) is 0.794. The fraction of sp³-hybridized carbons (Fsp3) is 0.350. The van der Waals surface area contributed by atoms with Gasteiger partial charge in [-0.1, -0.05) is 37.3 Å². The summed E-state index contributed by atoms with van der Waals surface area (Å²) in [5.74, 6) is 0.615. The predicted octanol–water partition coefficient (Wildman–Crippen LogP) is 2.75. The van der Waals surface area contributed by atoms with Crippen LogP contribution in [0, 0.1) is 11.8 Å². The average molecular weight is 338 g/mol. The van der Waals surface area contributed by atoms with E-state index in [4.69, 9.17) is 0 Å². The minimum atomic E-state index is -0.989. The summed E-state index contributed by atoms with van der Waals surface area (Å²) in [6.07, 6.45) is 0.551. The van der Waals surface area contributed by atoms with Crippen LogP contribution in [0.1, 0.15) is 58.0 Å². The molecule has 3 rings (SSSR count). The van der Waals surface area contributed by atoms with E-state index < -0.39 is 6.10 Å². The molecule has 1 heterocycles. The van der Waals surface area contributed by atoms with Gasteiger partial charge in [-0.2, -0.15) is 0 Å². The van der Waals surface area contributed by atoms with Gasteiger partial charge in [0.05, 0.1) is 5.69 Å². The van der Waals surface area contributed by atoms with Gasteiger partial charge in [0.2, 0.25) is 0 Å². The van der Waals surface area contributed by atoms with E-state index in [1.807, 2.05) is 18.2 Å². The number of carbonyl (C=O) groups is 2. The van der Waals surface area contributed by atoms with Crippen molar-refractivity contribution in [2.45, 2.75) is 25.9 Å². The van der Waals surface area contributed by atoms with Crippen molar-refractivity contribution < 1.29 is 14.7 Å². The normalized spacial score (nSPS) is 20.0. The Kier molecular flexibility index (Phi) is 4.95. The number of amides is 1. The first-order chi connectivity index (χ1) is 12.0. The van der Waals surface area contributed by atoms with E-state index >= 15 is 0 Å². The highest BCUT2D eigenvalue weighted by Gasteiger charge is 2.34. The summed E-state index contributed by atoms with van der Waals surface area (Å²) in [6, 6.07) is 12.2. The average Bonchev–Trinajstić information content (AvgIpc) is 3.35. The van der Waals surface area contributed by atoms with Gasteiger partial charge in [-0.25, -0.2) is 4.98 Å². The first-order valence-corrected chi connectivity index (χ1v) is 8.50. The largest absolute Gasteiger partial charge is 0.382 e. The van der Waals surface area contributed by atoms with Crippen molar-refractivity contribution in [3.8, 4) is 0 Å². The van der Waals surface area contributed by atoms with Crippen LogP contribution < -0.4 is 5.32 Å². The lowest BCUT2D eigenvalue weighted by atomic mass is 10.00. The predicted molar refractivity (Wildman–Crippen MR) is 94.3 cm³/mol. The number of ketones is 1. The number of nitrogens with one attached hydrogen (secondary N) is 1. The van der Waals surface area contributed by atoms with Crippen LogP contribution in [0.2, 0.25) is 0 Å². The SMILES string of the molecule is CNC(=O)c1cc(C(=O)C[C@H]2C[C@@H]2C)cc([C@@H](O)c2ccccc2)n1. The second-order valence-electron chi connectivity index (χ2n) is 6.66. The maximum Gasteiger partial charge on any atom is 0.269 e. The van der Waals surface area contributed by atoms with Crippen molar-refractivity contribution >= 4 is 11.7 Å². The Morgan fingerprint density at radius 3 is 2.56 bits per heavy atom. The molecule has 0 unspecified atom stereocenters. The highest BCUT2D eigenvalue weighted by Crippen LogP contribution is 2.41. The highest BCUT2D eigenvalue weighted by atomic mass is 16.3. The van der Waals surface area contributed by atoms with Crippen LogP contribution in [-0.4, -0.2) is 28.8 Å². The molecule has 25 heavy (non-hydrogen) atoms. The number of rotatable bonds is 6. The molecule has 1 amide bonds. The van der Waals surface area contributed by atoms with Crippen molar-refractivity contribution in [1.82, 2.24) is 10.3 Å². The molecule has 0 saturated heterocycles. The van der Waals surface area contributed by atoms with Crippen LogP contribution in [0.4, 0.5) is 0 Å². The first-order valence-electron chi connectivity index (χ1n) is 8.50. The zero-order chi connectivity index (χ0) is 18.0. The minimum Gasteiger partial charge on any atom is -0.382 e. The zero-order valence-electron chi connectivity index (χ0n) is 14.4. The van der Waals surface area contributed by atoms with Crippen molar-refractivity contribution in [3.05, 3.63) is 65.0 Å². The lowest BCUT2D eigenvalue weighted by Gasteiger charge is -2.13. The molecule has 1 saturated carbocycles. The molecular weight excluding hydrogens is 316 g/mol. The van der Waals surface area contributed by atoms with Crippen LogP contribution in [0.5, 0.6) is 0 Å². The summed E-state index contributed by atoms with van der Waals surface area (Å²) in [5.41, 5.74) is 1.54. The number of nitrogens with zero attached hydrogens (tertiary/aromatic N) is 1. The van der Waals surface area contributed by atoms with Gasteiger partial charge in [0.15, 0.2) is 5.78 Å². The fourth-order valence-corrected chi connectivity index (χ4v) is 2.94. The van der Waals surface area contributed by atoms with E-state index in [-0.39, 0.29) is 17.4 Å². The van der Waals surface area contributed by atoms with Crippen LogP contribution in [-0.2, 0) is 0 Å². The number of hydrogen-bond donors (Lipinski definition) is 2. The van der Waals surface area contributed by atoms with Crippen LogP contribution in [0.3, 0.4) is 0 Å². The number of Topliss-reactive ketones (excluding diaryl/α,β-unsaturated/α-hetero) is 1. The topological polar surface area (TPSA) is 79.3 Å². The Balaban J connectivity index is 1.95. The van der Waals surface area contributed by atoms with Crippen molar-refractivity contribution in [2.24, 2.45) is 11.8 Å². The molecule has 2 aromatic rings. The maximum atomic E-state index is 12.6. The first kappa shape index (κ1) is 17.3. The maximum absolute atomic E-state index is 12.6. The summed E-state index contributed by atoms with van der Waals surface area (Å²) in [5, 5.41) is 13.1. The molecule has 1 aromatic heterocycles. The third-order valence-corrected chi connectivity index (χ3v) is 4.75. The molecule has 1 aromatic carbocycles. The number of hydrogen-bond acceptors (Lipinski definition) is 4. The molecule has 1 aliphatic rings. The molecule has 5 heteroatoms. The Morgan fingerprint density at radius 2 is 1.96 bits per heavy atom. The molecule has 0 spiro atoms.